The Morgan fingerprint density at radius 1 is 0.967 bits per heavy atom. The van der Waals surface area contributed by atoms with Crippen LogP contribution in [0, 0.1) is 11.3 Å². The SMILES string of the molecule is N#Cc1ccc(CCC(=O)Nc2cccc(S(=O)(=O)Nc3ccc(Cl)cc3)c2)cc1. The van der Waals surface area contributed by atoms with Crippen LogP contribution in [-0.4, -0.2) is 14.3 Å². The highest BCUT2D eigenvalue weighted by Crippen LogP contribution is 2.21. The van der Waals surface area contributed by atoms with Crippen molar-refractivity contribution in [2.24, 2.45) is 0 Å². The number of halogens is 1. The van der Waals surface area contributed by atoms with Crippen molar-refractivity contribution in [1.29, 1.82) is 5.26 Å². The van der Waals surface area contributed by atoms with E-state index in [0.29, 0.717) is 28.4 Å². The molecule has 0 radical (unpaired) electrons. The van der Waals surface area contributed by atoms with E-state index in [1.54, 1.807) is 48.5 Å². The average molecular weight is 440 g/mol. The molecule has 3 rings (SSSR count). The molecule has 6 nitrogen and oxygen atoms in total. The second-order valence-corrected chi connectivity index (χ2v) is 8.62. The summed E-state index contributed by atoms with van der Waals surface area (Å²) < 4.78 is 27.7. The molecule has 2 N–H and O–H groups in total. The van der Waals surface area contributed by atoms with Gasteiger partial charge in [-0.15, -0.1) is 0 Å². The molecular weight excluding hydrogens is 422 g/mol. The first kappa shape index (κ1) is 21.4. The van der Waals surface area contributed by atoms with Crippen molar-refractivity contribution in [2.75, 3.05) is 10.0 Å². The number of rotatable bonds is 7. The second kappa shape index (κ2) is 9.44. The van der Waals surface area contributed by atoms with Gasteiger partial charge >= 0.3 is 0 Å². The van der Waals surface area contributed by atoms with Gasteiger partial charge in [0.2, 0.25) is 5.91 Å². The van der Waals surface area contributed by atoms with Gasteiger partial charge in [0.25, 0.3) is 10.0 Å². The minimum absolute atomic E-state index is 0.0299. The maximum atomic E-state index is 12.6. The van der Waals surface area contributed by atoms with Crippen LogP contribution in [0.1, 0.15) is 17.5 Å². The van der Waals surface area contributed by atoms with Gasteiger partial charge in [0.05, 0.1) is 16.5 Å². The molecule has 0 atom stereocenters. The number of benzene rings is 3. The van der Waals surface area contributed by atoms with Gasteiger partial charge in [-0.05, 0) is 66.6 Å². The molecule has 0 aliphatic rings. The molecule has 3 aromatic carbocycles. The normalized spacial score (nSPS) is 10.8. The van der Waals surface area contributed by atoms with Crippen LogP contribution < -0.4 is 10.0 Å². The van der Waals surface area contributed by atoms with Crippen molar-refractivity contribution >= 4 is 38.9 Å². The Balaban J connectivity index is 1.63. The number of nitriles is 1. The molecule has 1 amide bonds. The predicted octanol–water partition coefficient (Wildman–Crippen LogP) is 4.58. The number of hydrogen-bond acceptors (Lipinski definition) is 4. The summed E-state index contributed by atoms with van der Waals surface area (Å²) in [6, 6.07) is 21.4. The van der Waals surface area contributed by atoms with Crippen molar-refractivity contribution in [2.45, 2.75) is 17.7 Å². The highest BCUT2D eigenvalue weighted by Gasteiger charge is 2.15. The van der Waals surface area contributed by atoms with Gasteiger partial charge in [-0.1, -0.05) is 29.8 Å². The first-order valence-corrected chi connectivity index (χ1v) is 10.9. The van der Waals surface area contributed by atoms with E-state index in [2.05, 4.69) is 10.0 Å². The standard InChI is InChI=1S/C22H18ClN3O3S/c23-18-9-11-19(12-10-18)26-30(28,29)21-3-1-2-20(14-21)25-22(27)13-8-16-4-6-17(15-24)7-5-16/h1-7,9-12,14,26H,8,13H2,(H,25,27). The van der Waals surface area contributed by atoms with Crippen molar-refractivity contribution in [1.82, 2.24) is 0 Å². The number of sulfonamides is 1. The number of amides is 1. The van der Waals surface area contributed by atoms with Gasteiger partial charge in [0, 0.05) is 22.8 Å². The molecule has 3 aromatic rings. The third kappa shape index (κ3) is 5.83. The van der Waals surface area contributed by atoms with Crippen LogP contribution >= 0.6 is 11.6 Å². The third-order valence-corrected chi connectivity index (χ3v) is 5.88. The highest BCUT2D eigenvalue weighted by molar-refractivity contribution is 7.92. The lowest BCUT2D eigenvalue weighted by Crippen LogP contribution is -2.15. The van der Waals surface area contributed by atoms with Gasteiger partial charge in [-0.3, -0.25) is 9.52 Å². The molecule has 0 spiro atoms. The van der Waals surface area contributed by atoms with Crippen LogP contribution in [0.2, 0.25) is 5.02 Å². The van der Waals surface area contributed by atoms with Crippen LogP contribution in [0.3, 0.4) is 0 Å². The van der Waals surface area contributed by atoms with E-state index in [0.717, 1.165) is 5.56 Å². The number of hydrogen-bond donors (Lipinski definition) is 2. The predicted molar refractivity (Wildman–Crippen MR) is 117 cm³/mol. The maximum Gasteiger partial charge on any atom is 0.261 e. The highest BCUT2D eigenvalue weighted by atomic mass is 35.5. The number of anilines is 2. The fraction of sp³-hybridized carbons (Fsp3) is 0.0909. The molecule has 0 aromatic heterocycles. The summed E-state index contributed by atoms with van der Waals surface area (Å²) >= 11 is 5.82. The zero-order chi connectivity index (χ0) is 21.6. The third-order valence-electron chi connectivity index (χ3n) is 4.25. The molecule has 0 aliphatic heterocycles. The molecular formula is C22H18ClN3O3S. The first-order valence-electron chi connectivity index (χ1n) is 9.03. The molecule has 0 fully saturated rings. The topological polar surface area (TPSA) is 99.1 Å². The molecule has 0 unspecified atom stereocenters. The first-order chi connectivity index (χ1) is 14.4. The Morgan fingerprint density at radius 3 is 2.33 bits per heavy atom. The Hall–Kier alpha value is -3.34. The van der Waals surface area contributed by atoms with Crippen molar-refractivity contribution in [3.8, 4) is 6.07 Å². The number of nitrogens with one attached hydrogen (secondary N) is 2. The lowest BCUT2D eigenvalue weighted by atomic mass is 10.1. The van der Waals surface area contributed by atoms with E-state index in [1.165, 1.54) is 12.1 Å². The van der Waals surface area contributed by atoms with E-state index in [4.69, 9.17) is 16.9 Å². The number of aryl methyl sites for hydroxylation is 1. The molecule has 30 heavy (non-hydrogen) atoms. The van der Waals surface area contributed by atoms with E-state index in [1.807, 2.05) is 18.2 Å². The van der Waals surface area contributed by atoms with Gasteiger partial charge in [-0.2, -0.15) is 5.26 Å². The van der Waals surface area contributed by atoms with Crippen LogP contribution in [0.4, 0.5) is 11.4 Å². The quantitative estimate of drug-likeness (QED) is 0.562. The second-order valence-electron chi connectivity index (χ2n) is 6.50. The Morgan fingerprint density at radius 2 is 1.67 bits per heavy atom. The molecule has 8 heteroatoms. The van der Waals surface area contributed by atoms with Gasteiger partial charge in [-0.25, -0.2) is 8.42 Å². The molecule has 0 heterocycles. The number of carbonyl (C=O) groups excluding carboxylic acids is 1. The molecule has 0 saturated carbocycles. The Labute approximate surface area is 180 Å². The van der Waals surface area contributed by atoms with E-state index in [-0.39, 0.29) is 17.2 Å². The van der Waals surface area contributed by atoms with Gasteiger partial charge in [0.1, 0.15) is 0 Å². The van der Waals surface area contributed by atoms with Crippen molar-refractivity contribution < 1.29 is 13.2 Å². The minimum atomic E-state index is -3.82. The van der Waals surface area contributed by atoms with Crippen molar-refractivity contribution in [3.05, 3.63) is 88.9 Å². The Kier molecular flexibility index (Phi) is 6.72. The van der Waals surface area contributed by atoms with Crippen LogP contribution in [-0.2, 0) is 21.2 Å². The van der Waals surface area contributed by atoms with Crippen molar-refractivity contribution in [3.63, 3.8) is 0 Å². The lowest BCUT2D eigenvalue weighted by molar-refractivity contribution is -0.116. The molecule has 152 valence electrons. The summed E-state index contributed by atoms with van der Waals surface area (Å²) in [5.41, 5.74) is 2.27. The zero-order valence-electron chi connectivity index (χ0n) is 15.8. The summed E-state index contributed by atoms with van der Waals surface area (Å²) in [4.78, 5) is 12.3. The summed E-state index contributed by atoms with van der Waals surface area (Å²) in [6.45, 7) is 0. The van der Waals surface area contributed by atoms with E-state index in [9.17, 15) is 13.2 Å². The van der Waals surface area contributed by atoms with Gasteiger partial charge < -0.3 is 5.32 Å². The lowest BCUT2D eigenvalue weighted by Gasteiger charge is -2.10. The number of carbonyl (C=O) groups is 1. The minimum Gasteiger partial charge on any atom is -0.326 e. The average Bonchev–Trinajstić information content (AvgIpc) is 2.74. The van der Waals surface area contributed by atoms with E-state index >= 15 is 0 Å². The Bertz CT molecular complexity index is 1190. The zero-order valence-corrected chi connectivity index (χ0v) is 17.4. The molecule has 0 saturated heterocycles. The molecule has 0 aliphatic carbocycles. The monoisotopic (exact) mass is 439 g/mol. The summed E-state index contributed by atoms with van der Waals surface area (Å²) in [7, 11) is -3.82. The number of nitrogens with zero attached hydrogens (tertiary/aromatic N) is 1. The summed E-state index contributed by atoms with van der Waals surface area (Å²) in [5.74, 6) is -0.237. The smallest absolute Gasteiger partial charge is 0.261 e. The van der Waals surface area contributed by atoms with Gasteiger partial charge in [0.15, 0.2) is 0 Å². The summed E-state index contributed by atoms with van der Waals surface area (Å²) in [5, 5.41) is 12.0. The fourth-order valence-electron chi connectivity index (χ4n) is 2.70. The largest absolute Gasteiger partial charge is 0.326 e. The maximum absolute atomic E-state index is 12.6. The molecule has 0 bridgehead atoms. The summed E-state index contributed by atoms with van der Waals surface area (Å²) in [6.07, 6.45) is 0.736. The van der Waals surface area contributed by atoms with E-state index < -0.39 is 10.0 Å². The van der Waals surface area contributed by atoms with Crippen LogP contribution in [0.25, 0.3) is 0 Å². The fourth-order valence-corrected chi connectivity index (χ4v) is 3.93. The van der Waals surface area contributed by atoms with Crippen LogP contribution in [0.5, 0.6) is 0 Å². The van der Waals surface area contributed by atoms with Crippen LogP contribution in [0.15, 0.2) is 77.7 Å².